The Hall–Kier alpha value is -0.410. The zero-order chi connectivity index (χ0) is 14.4. The monoisotopic (exact) mass is 341 g/mol. The topological polar surface area (TPSA) is 12.0 Å². The second-order valence-corrected chi connectivity index (χ2v) is 6.78. The third-order valence-electron chi connectivity index (χ3n) is 4.36. The van der Waals surface area contributed by atoms with Gasteiger partial charge < -0.3 is 5.32 Å². The summed E-state index contributed by atoms with van der Waals surface area (Å²) in [5, 5.41) is 3.56. The normalized spacial score (nSPS) is 17.6. The van der Waals surface area contributed by atoms with E-state index in [1.54, 1.807) is 6.07 Å². The average Bonchev–Trinajstić information content (AvgIpc) is 2.93. The van der Waals surface area contributed by atoms with Gasteiger partial charge in [-0.15, -0.1) is 0 Å². The number of benzene rings is 1. The van der Waals surface area contributed by atoms with Crippen LogP contribution in [0.5, 0.6) is 0 Å². The van der Waals surface area contributed by atoms with E-state index < -0.39 is 0 Å². The first-order valence-corrected chi connectivity index (χ1v) is 8.65. The summed E-state index contributed by atoms with van der Waals surface area (Å²) in [6.07, 6.45) is 9.04. The highest BCUT2D eigenvalue weighted by atomic mass is 79.9. The second kappa shape index (κ2) is 8.14. The van der Waals surface area contributed by atoms with Gasteiger partial charge in [-0.3, -0.25) is 0 Å². The van der Waals surface area contributed by atoms with Gasteiger partial charge in [-0.1, -0.05) is 48.5 Å². The fourth-order valence-corrected chi connectivity index (χ4v) is 3.67. The average molecular weight is 342 g/mol. The zero-order valence-corrected chi connectivity index (χ0v) is 13.9. The summed E-state index contributed by atoms with van der Waals surface area (Å²) in [4.78, 5) is 0. The van der Waals surface area contributed by atoms with Crippen molar-refractivity contribution in [3.8, 4) is 0 Å². The summed E-state index contributed by atoms with van der Waals surface area (Å²) in [6.45, 7) is 3.12. The predicted molar refractivity (Wildman–Crippen MR) is 86.5 cm³/mol. The van der Waals surface area contributed by atoms with Gasteiger partial charge >= 0.3 is 0 Å². The molecule has 0 radical (unpaired) electrons. The minimum Gasteiger partial charge on any atom is -0.314 e. The standard InChI is InChI=1S/C17H25BrFN/c1-2-20-16(9-7-13-5-3-4-6-13)12-14-11-15(19)8-10-17(14)18/h8,10-11,13,16,20H,2-7,9,12H2,1H3. The molecule has 3 heteroatoms. The number of nitrogens with one attached hydrogen (secondary N) is 1. The molecule has 1 aliphatic rings. The maximum Gasteiger partial charge on any atom is 0.123 e. The fraction of sp³-hybridized carbons (Fsp3) is 0.647. The molecule has 1 atom stereocenters. The van der Waals surface area contributed by atoms with Crippen molar-refractivity contribution < 1.29 is 4.39 Å². The first-order chi connectivity index (χ1) is 9.69. The number of hydrogen-bond donors (Lipinski definition) is 1. The second-order valence-electron chi connectivity index (χ2n) is 5.92. The Morgan fingerprint density at radius 2 is 2.10 bits per heavy atom. The molecular weight excluding hydrogens is 317 g/mol. The summed E-state index contributed by atoms with van der Waals surface area (Å²) in [5.74, 6) is 0.779. The first kappa shape index (κ1) is 16.0. The molecule has 1 N–H and O–H groups in total. The van der Waals surface area contributed by atoms with Crippen LogP contribution in [0.15, 0.2) is 22.7 Å². The zero-order valence-electron chi connectivity index (χ0n) is 12.3. The Labute approximate surface area is 130 Å². The van der Waals surface area contributed by atoms with Crippen molar-refractivity contribution in [2.75, 3.05) is 6.54 Å². The highest BCUT2D eigenvalue weighted by Gasteiger charge is 2.18. The Morgan fingerprint density at radius 3 is 2.80 bits per heavy atom. The molecule has 20 heavy (non-hydrogen) atoms. The fourth-order valence-electron chi connectivity index (χ4n) is 3.27. The molecule has 0 aliphatic heterocycles. The third-order valence-corrected chi connectivity index (χ3v) is 5.14. The van der Waals surface area contributed by atoms with E-state index in [0.29, 0.717) is 6.04 Å². The number of rotatable bonds is 7. The van der Waals surface area contributed by atoms with Crippen LogP contribution in [0.4, 0.5) is 4.39 Å². The molecule has 1 aromatic carbocycles. The van der Waals surface area contributed by atoms with Crippen LogP contribution in [0.1, 0.15) is 51.0 Å². The summed E-state index contributed by atoms with van der Waals surface area (Å²) < 4.78 is 14.4. The van der Waals surface area contributed by atoms with Gasteiger partial charge in [0.05, 0.1) is 0 Å². The van der Waals surface area contributed by atoms with E-state index in [1.165, 1.54) is 44.6 Å². The Balaban J connectivity index is 1.91. The van der Waals surface area contributed by atoms with Crippen molar-refractivity contribution in [1.29, 1.82) is 0 Å². The van der Waals surface area contributed by atoms with Gasteiger partial charge in [-0.2, -0.15) is 0 Å². The largest absolute Gasteiger partial charge is 0.314 e. The van der Waals surface area contributed by atoms with Crippen LogP contribution in [-0.4, -0.2) is 12.6 Å². The van der Waals surface area contributed by atoms with Crippen LogP contribution in [-0.2, 0) is 6.42 Å². The summed E-state index contributed by atoms with van der Waals surface area (Å²) in [6, 6.07) is 5.43. The molecule has 0 aromatic heterocycles. The maximum absolute atomic E-state index is 13.4. The molecule has 0 amide bonds. The van der Waals surface area contributed by atoms with E-state index >= 15 is 0 Å². The van der Waals surface area contributed by atoms with E-state index in [2.05, 4.69) is 28.2 Å². The molecule has 0 spiro atoms. The van der Waals surface area contributed by atoms with Crippen molar-refractivity contribution in [2.45, 2.75) is 57.9 Å². The van der Waals surface area contributed by atoms with E-state index in [0.717, 1.165) is 28.9 Å². The molecule has 1 nitrogen and oxygen atoms in total. The Bertz CT molecular complexity index is 415. The van der Waals surface area contributed by atoms with Gasteiger partial charge in [-0.25, -0.2) is 4.39 Å². The molecule has 1 saturated carbocycles. The van der Waals surface area contributed by atoms with Crippen LogP contribution in [0.25, 0.3) is 0 Å². The number of hydrogen-bond acceptors (Lipinski definition) is 1. The minimum atomic E-state index is -0.144. The van der Waals surface area contributed by atoms with Gasteiger partial charge in [0, 0.05) is 10.5 Å². The van der Waals surface area contributed by atoms with Crippen LogP contribution < -0.4 is 5.32 Å². The van der Waals surface area contributed by atoms with Crippen molar-refractivity contribution in [2.24, 2.45) is 5.92 Å². The molecule has 1 unspecified atom stereocenters. The molecule has 1 aliphatic carbocycles. The van der Waals surface area contributed by atoms with Crippen molar-refractivity contribution in [3.05, 3.63) is 34.1 Å². The molecule has 1 aromatic rings. The minimum absolute atomic E-state index is 0.144. The molecule has 1 fully saturated rings. The van der Waals surface area contributed by atoms with Crippen molar-refractivity contribution in [3.63, 3.8) is 0 Å². The summed E-state index contributed by atoms with van der Waals surface area (Å²) in [5.41, 5.74) is 1.07. The molecule has 0 saturated heterocycles. The van der Waals surface area contributed by atoms with Crippen molar-refractivity contribution >= 4 is 15.9 Å². The van der Waals surface area contributed by atoms with Crippen molar-refractivity contribution in [1.82, 2.24) is 5.32 Å². The molecule has 0 bridgehead atoms. The van der Waals surface area contributed by atoms with Gasteiger partial charge in [0.15, 0.2) is 0 Å². The Kier molecular flexibility index (Phi) is 6.50. The van der Waals surface area contributed by atoms with Gasteiger partial charge in [-0.05, 0) is 55.5 Å². The lowest BCUT2D eigenvalue weighted by atomic mass is 9.95. The Morgan fingerprint density at radius 1 is 1.35 bits per heavy atom. The van der Waals surface area contributed by atoms with Crippen LogP contribution in [0, 0.1) is 11.7 Å². The summed E-state index contributed by atoms with van der Waals surface area (Å²) >= 11 is 3.53. The van der Waals surface area contributed by atoms with E-state index in [4.69, 9.17) is 0 Å². The van der Waals surface area contributed by atoms with E-state index in [-0.39, 0.29) is 5.82 Å². The first-order valence-electron chi connectivity index (χ1n) is 7.86. The van der Waals surface area contributed by atoms with E-state index in [9.17, 15) is 4.39 Å². The van der Waals surface area contributed by atoms with Crippen LogP contribution >= 0.6 is 15.9 Å². The lowest BCUT2D eigenvalue weighted by Crippen LogP contribution is -2.31. The van der Waals surface area contributed by atoms with E-state index in [1.807, 2.05) is 6.07 Å². The third kappa shape index (κ3) is 4.85. The highest BCUT2D eigenvalue weighted by Crippen LogP contribution is 2.29. The molecule has 112 valence electrons. The quantitative estimate of drug-likeness (QED) is 0.729. The number of halogens is 2. The van der Waals surface area contributed by atoms with Gasteiger partial charge in [0.1, 0.15) is 5.82 Å². The SMILES string of the molecule is CCNC(CCC1CCCC1)Cc1cc(F)ccc1Br. The predicted octanol–water partition coefficient (Wildman–Crippen LogP) is 5.08. The van der Waals surface area contributed by atoms with Gasteiger partial charge in [0.25, 0.3) is 0 Å². The number of likely N-dealkylation sites (N-methyl/N-ethyl adjacent to an activating group) is 1. The van der Waals surface area contributed by atoms with Gasteiger partial charge in [0.2, 0.25) is 0 Å². The lowest BCUT2D eigenvalue weighted by Gasteiger charge is -2.20. The molecular formula is C17H25BrFN. The maximum atomic E-state index is 13.4. The molecule has 0 heterocycles. The lowest BCUT2D eigenvalue weighted by molar-refractivity contribution is 0.407. The summed E-state index contributed by atoms with van der Waals surface area (Å²) in [7, 11) is 0. The highest BCUT2D eigenvalue weighted by molar-refractivity contribution is 9.10. The smallest absolute Gasteiger partial charge is 0.123 e. The van der Waals surface area contributed by atoms with Crippen LogP contribution in [0.2, 0.25) is 0 Å². The van der Waals surface area contributed by atoms with Crippen LogP contribution in [0.3, 0.4) is 0 Å². The molecule has 2 rings (SSSR count).